The lowest BCUT2D eigenvalue weighted by atomic mass is 10.1. The summed E-state index contributed by atoms with van der Waals surface area (Å²) < 4.78 is 28.8. The monoisotopic (exact) mass is 411 g/mol. The van der Waals surface area contributed by atoms with E-state index in [4.69, 9.17) is 0 Å². The molecule has 150 valence electrons. The molecule has 1 N–H and O–H groups in total. The highest BCUT2D eigenvalue weighted by Crippen LogP contribution is 2.23. The van der Waals surface area contributed by atoms with Crippen LogP contribution in [0.5, 0.6) is 0 Å². The number of amides is 1. The second-order valence-electron chi connectivity index (χ2n) is 7.04. The normalized spacial score (nSPS) is 14.6. The number of rotatable bonds is 6. The van der Waals surface area contributed by atoms with Gasteiger partial charge in [0, 0.05) is 18.7 Å². The molecule has 9 heteroatoms. The Morgan fingerprint density at radius 1 is 1.14 bits per heavy atom. The third kappa shape index (κ3) is 4.20. The Kier molecular flexibility index (Phi) is 5.16. The number of carbonyl (C=O) groups excluding carboxylic acids is 1. The second-order valence-corrected chi connectivity index (χ2v) is 8.81. The quantitative estimate of drug-likeness (QED) is 0.665. The maximum Gasteiger partial charge on any atom is 0.241 e. The maximum atomic E-state index is 12.3. The van der Waals surface area contributed by atoms with Crippen LogP contribution in [0.4, 0.5) is 0 Å². The SMILES string of the molecule is Cc1cccc(S(=O)(=O)NCC(=O)N2CC(n3cc(-c4ccccc4)nn3)C2)c1. The summed E-state index contributed by atoms with van der Waals surface area (Å²) in [4.78, 5) is 14.1. The van der Waals surface area contributed by atoms with Crippen LogP contribution >= 0.6 is 0 Å². The number of nitrogens with one attached hydrogen (secondary N) is 1. The summed E-state index contributed by atoms with van der Waals surface area (Å²) in [6, 6.07) is 16.4. The predicted octanol–water partition coefficient (Wildman–Crippen LogP) is 1.62. The highest BCUT2D eigenvalue weighted by Gasteiger charge is 2.33. The van der Waals surface area contributed by atoms with Crippen molar-refractivity contribution in [3.63, 3.8) is 0 Å². The molecular formula is C20H21N5O3S. The van der Waals surface area contributed by atoms with E-state index in [1.165, 1.54) is 6.07 Å². The van der Waals surface area contributed by atoms with Crippen LogP contribution in [0.1, 0.15) is 11.6 Å². The van der Waals surface area contributed by atoms with Crippen LogP contribution in [0, 0.1) is 6.92 Å². The van der Waals surface area contributed by atoms with E-state index in [0.29, 0.717) is 13.1 Å². The predicted molar refractivity (Wildman–Crippen MR) is 107 cm³/mol. The van der Waals surface area contributed by atoms with Crippen LogP contribution in [0.15, 0.2) is 65.7 Å². The van der Waals surface area contributed by atoms with Gasteiger partial charge in [-0.05, 0) is 24.6 Å². The van der Waals surface area contributed by atoms with Crippen molar-refractivity contribution in [2.24, 2.45) is 0 Å². The third-order valence-corrected chi connectivity index (χ3v) is 6.28. The van der Waals surface area contributed by atoms with Gasteiger partial charge in [-0.3, -0.25) is 4.79 Å². The molecule has 1 amide bonds. The van der Waals surface area contributed by atoms with Gasteiger partial charge in [-0.1, -0.05) is 47.7 Å². The molecule has 3 aromatic rings. The summed E-state index contributed by atoms with van der Waals surface area (Å²) in [7, 11) is -3.71. The molecule has 2 heterocycles. The fraction of sp³-hybridized carbons (Fsp3) is 0.250. The van der Waals surface area contributed by atoms with Crippen molar-refractivity contribution in [3.05, 3.63) is 66.4 Å². The van der Waals surface area contributed by atoms with Crippen molar-refractivity contribution in [1.29, 1.82) is 0 Å². The summed E-state index contributed by atoms with van der Waals surface area (Å²) >= 11 is 0. The fourth-order valence-corrected chi connectivity index (χ4v) is 4.24. The number of hydrogen-bond donors (Lipinski definition) is 1. The summed E-state index contributed by atoms with van der Waals surface area (Å²) in [6.07, 6.45) is 1.86. The number of nitrogens with zero attached hydrogens (tertiary/aromatic N) is 4. The summed E-state index contributed by atoms with van der Waals surface area (Å²) in [5.41, 5.74) is 2.60. The van der Waals surface area contributed by atoms with Crippen LogP contribution in [-0.4, -0.2) is 53.9 Å². The number of hydrogen-bond acceptors (Lipinski definition) is 5. The number of likely N-dealkylation sites (tertiary alicyclic amines) is 1. The van der Waals surface area contributed by atoms with Crippen molar-refractivity contribution < 1.29 is 13.2 Å². The van der Waals surface area contributed by atoms with Crippen LogP contribution in [-0.2, 0) is 14.8 Å². The first-order chi connectivity index (χ1) is 13.9. The van der Waals surface area contributed by atoms with Gasteiger partial charge in [0.05, 0.1) is 23.7 Å². The average Bonchev–Trinajstić information content (AvgIpc) is 3.16. The first-order valence-corrected chi connectivity index (χ1v) is 10.7. The van der Waals surface area contributed by atoms with Gasteiger partial charge in [0.25, 0.3) is 0 Å². The molecule has 0 unspecified atom stereocenters. The van der Waals surface area contributed by atoms with Gasteiger partial charge >= 0.3 is 0 Å². The van der Waals surface area contributed by atoms with Crippen LogP contribution in [0.25, 0.3) is 11.3 Å². The Hall–Kier alpha value is -3.04. The highest BCUT2D eigenvalue weighted by atomic mass is 32.2. The molecule has 0 atom stereocenters. The van der Waals surface area contributed by atoms with Crippen LogP contribution < -0.4 is 4.72 Å². The Morgan fingerprint density at radius 3 is 2.62 bits per heavy atom. The molecule has 0 aliphatic carbocycles. The van der Waals surface area contributed by atoms with Crippen LogP contribution in [0.3, 0.4) is 0 Å². The lowest BCUT2D eigenvalue weighted by molar-refractivity contribution is -0.135. The van der Waals surface area contributed by atoms with Gasteiger partial charge in [0.2, 0.25) is 15.9 Å². The molecule has 1 aliphatic rings. The van der Waals surface area contributed by atoms with Crippen molar-refractivity contribution in [2.45, 2.75) is 17.9 Å². The minimum atomic E-state index is -3.71. The smallest absolute Gasteiger partial charge is 0.241 e. The van der Waals surface area contributed by atoms with E-state index < -0.39 is 10.0 Å². The molecule has 8 nitrogen and oxygen atoms in total. The largest absolute Gasteiger partial charge is 0.337 e. The van der Waals surface area contributed by atoms with E-state index in [-0.39, 0.29) is 23.4 Å². The third-order valence-electron chi connectivity index (χ3n) is 4.88. The molecule has 29 heavy (non-hydrogen) atoms. The molecule has 4 rings (SSSR count). The van der Waals surface area contributed by atoms with Gasteiger partial charge < -0.3 is 4.90 Å². The standard InChI is InChI=1S/C20H21N5O3S/c1-15-6-5-9-18(10-15)29(27,28)21-11-20(26)24-12-17(13-24)25-14-19(22-23-25)16-7-3-2-4-8-16/h2-10,14,17,21H,11-13H2,1H3. The minimum Gasteiger partial charge on any atom is -0.337 e. The zero-order chi connectivity index (χ0) is 20.4. The van der Waals surface area contributed by atoms with Gasteiger partial charge in [-0.15, -0.1) is 5.10 Å². The number of aromatic nitrogens is 3. The van der Waals surface area contributed by atoms with Crippen molar-refractivity contribution in [1.82, 2.24) is 24.6 Å². The highest BCUT2D eigenvalue weighted by molar-refractivity contribution is 7.89. The molecule has 0 spiro atoms. The number of carbonyl (C=O) groups is 1. The zero-order valence-corrected chi connectivity index (χ0v) is 16.7. The Morgan fingerprint density at radius 2 is 1.90 bits per heavy atom. The summed E-state index contributed by atoms with van der Waals surface area (Å²) in [5, 5.41) is 8.35. The zero-order valence-electron chi connectivity index (χ0n) is 15.9. The molecule has 0 radical (unpaired) electrons. The van der Waals surface area contributed by atoms with Crippen molar-refractivity contribution in [3.8, 4) is 11.3 Å². The van der Waals surface area contributed by atoms with E-state index >= 15 is 0 Å². The van der Waals surface area contributed by atoms with E-state index in [0.717, 1.165) is 16.8 Å². The molecule has 1 aromatic heterocycles. The first-order valence-electron chi connectivity index (χ1n) is 9.24. The molecular weight excluding hydrogens is 390 g/mol. The lowest BCUT2D eigenvalue weighted by Crippen LogP contribution is -2.53. The Bertz CT molecular complexity index is 1120. The van der Waals surface area contributed by atoms with Crippen molar-refractivity contribution in [2.75, 3.05) is 19.6 Å². The molecule has 0 bridgehead atoms. The minimum absolute atomic E-state index is 0.0392. The maximum absolute atomic E-state index is 12.3. The lowest BCUT2D eigenvalue weighted by Gasteiger charge is -2.38. The fourth-order valence-electron chi connectivity index (χ4n) is 3.16. The first kappa shape index (κ1) is 19.3. The molecule has 2 aromatic carbocycles. The van der Waals surface area contributed by atoms with Gasteiger partial charge in [0.1, 0.15) is 5.69 Å². The number of benzene rings is 2. The van der Waals surface area contributed by atoms with E-state index in [1.807, 2.05) is 49.5 Å². The average molecular weight is 411 g/mol. The molecule has 0 saturated carbocycles. The van der Waals surface area contributed by atoms with Crippen LogP contribution in [0.2, 0.25) is 0 Å². The topological polar surface area (TPSA) is 97.2 Å². The number of aryl methyl sites for hydroxylation is 1. The molecule has 1 fully saturated rings. The van der Waals surface area contributed by atoms with E-state index in [1.54, 1.807) is 21.7 Å². The second kappa shape index (κ2) is 7.76. The summed E-state index contributed by atoms with van der Waals surface area (Å²) in [6.45, 7) is 2.50. The molecule has 1 saturated heterocycles. The number of sulfonamides is 1. The van der Waals surface area contributed by atoms with E-state index in [9.17, 15) is 13.2 Å². The summed E-state index contributed by atoms with van der Waals surface area (Å²) in [5.74, 6) is -0.263. The van der Waals surface area contributed by atoms with Gasteiger partial charge in [-0.25, -0.2) is 17.8 Å². The molecule has 1 aliphatic heterocycles. The van der Waals surface area contributed by atoms with E-state index in [2.05, 4.69) is 15.0 Å². The Labute approximate surface area is 169 Å². The Balaban J connectivity index is 1.31. The van der Waals surface area contributed by atoms with Gasteiger partial charge in [-0.2, -0.15) is 0 Å². The van der Waals surface area contributed by atoms with Crippen molar-refractivity contribution >= 4 is 15.9 Å². The van der Waals surface area contributed by atoms with Gasteiger partial charge in [0.15, 0.2) is 0 Å².